The number of aromatic amines is 1. The summed E-state index contributed by atoms with van der Waals surface area (Å²) in [4.78, 5) is 7.10. The molecule has 0 amide bonds. The van der Waals surface area contributed by atoms with Crippen LogP contribution in [-0.4, -0.2) is 36.4 Å². The predicted octanol–water partition coefficient (Wildman–Crippen LogP) is 0.0488. The number of quaternary nitrogens is 1. The Balaban J connectivity index is 1.35. The van der Waals surface area contributed by atoms with Crippen LogP contribution in [0.3, 0.4) is 0 Å². The molecule has 0 spiro atoms. The van der Waals surface area contributed by atoms with E-state index in [0.717, 1.165) is 32.7 Å². The average molecular weight is 313 g/mol. The number of hydrogen-bond acceptors (Lipinski definition) is 5. The first-order valence-electron chi connectivity index (χ1n) is 7.80. The summed E-state index contributed by atoms with van der Waals surface area (Å²) in [6.07, 6.45) is 3.56. The van der Waals surface area contributed by atoms with Gasteiger partial charge in [-0.3, -0.25) is 4.90 Å². The third kappa shape index (κ3) is 3.09. The monoisotopic (exact) mass is 313 g/mol. The number of anilines is 1. The summed E-state index contributed by atoms with van der Waals surface area (Å²) in [6, 6.07) is 9.79. The molecule has 4 rings (SSSR count). The van der Waals surface area contributed by atoms with Gasteiger partial charge in [-0.05, 0) is 18.2 Å². The molecule has 1 aliphatic heterocycles. The fourth-order valence-electron chi connectivity index (χ4n) is 2.86. The number of piperazine rings is 1. The number of nitrogens with one attached hydrogen (secondary N) is 2. The number of aromatic nitrogens is 3. The molecular formula is C16H19N5O2+2. The van der Waals surface area contributed by atoms with E-state index in [0.29, 0.717) is 17.5 Å². The molecule has 0 aromatic carbocycles. The van der Waals surface area contributed by atoms with Gasteiger partial charge in [0.1, 0.15) is 26.2 Å². The maximum absolute atomic E-state index is 5.69. The first-order chi connectivity index (χ1) is 11.4. The lowest BCUT2D eigenvalue weighted by atomic mass is 10.3. The minimum Gasteiger partial charge on any atom is -0.459 e. The van der Waals surface area contributed by atoms with Crippen LogP contribution in [0.15, 0.2) is 51.6 Å². The molecule has 4 heterocycles. The highest BCUT2D eigenvalue weighted by molar-refractivity contribution is 5.42. The van der Waals surface area contributed by atoms with Crippen LogP contribution in [0.25, 0.3) is 11.7 Å². The van der Waals surface area contributed by atoms with Crippen LogP contribution in [0, 0.1) is 0 Å². The molecule has 2 N–H and O–H groups in total. The molecule has 1 aliphatic rings. The van der Waals surface area contributed by atoms with Gasteiger partial charge < -0.3 is 13.7 Å². The molecule has 118 valence electrons. The summed E-state index contributed by atoms with van der Waals surface area (Å²) in [5, 5.41) is 8.17. The van der Waals surface area contributed by atoms with Crippen molar-refractivity contribution in [2.45, 2.75) is 6.54 Å². The van der Waals surface area contributed by atoms with Gasteiger partial charge in [0.2, 0.25) is 0 Å². The lowest BCUT2D eigenvalue weighted by Crippen LogP contribution is -3.13. The van der Waals surface area contributed by atoms with E-state index in [2.05, 4.69) is 32.2 Å². The van der Waals surface area contributed by atoms with E-state index in [1.54, 1.807) is 6.26 Å². The van der Waals surface area contributed by atoms with Crippen LogP contribution >= 0.6 is 0 Å². The van der Waals surface area contributed by atoms with Gasteiger partial charge in [-0.2, -0.15) is 0 Å². The number of nitrogens with zero attached hydrogens (tertiary/aromatic N) is 3. The molecule has 0 unspecified atom stereocenters. The lowest BCUT2D eigenvalue weighted by Gasteiger charge is -2.27. The maximum Gasteiger partial charge on any atom is 0.283 e. The first-order valence-corrected chi connectivity index (χ1v) is 7.80. The van der Waals surface area contributed by atoms with Gasteiger partial charge in [0, 0.05) is 6.07 Å². The van der Waals surface area contributed by atoms with Crippen LogP contribution in [0.2, 0.25) is 0 Å². The minimum atomic E-state index is 0.446. The highest BCUT2D eigenvalue weighted by Crippen LogP contribution is 2.17. The molecule has 23 heavy (non-hydrogen) atoms. The third-order valence-electron chi connectivity index (χ3n) is 4.10. The largest absolute Gasteiger partial charge is 0.459 e. The van der Waals surface area contributed by atoms with Gasteiger partial charge in [-0.25, -0.2) is 4.98 Å². The van der Waals surface area contributed by atoms with Crippen molar-refractivity contribution in [1.82, 2.24) is 10.2 Å². The van der Waals surface area contributed by atoms with E-state index >= 15 is 0 Å². The zero-order chi connectivity index (χ0) is 15.5. The zero-order valence-electron chi connectivity index (χ0n) is 12.7. The molecule has 3 aromatic rings. The number of furan rings is 1. The molecule has 0 radical (unpaired) electrons. The SMILES string of the molecule is c1ccc(N2CC[NH+](Cc3nnc(-c4ccco4)o3)CC2)[nH+]c1. The fraction of sp³-hybridized carbons (Fsp3) is 0.312. The second-order valence-electron chi connectivity index (χ2n) is 5.64. The smallest absolute Gasteiger partial charge is 0.283 e. The van der Waals surface area contributed by atoms with Crippen molar-refractivity contribution in [2.24, 2.45) is 0 Å². The summed E-state index contributed by atoms with van der Waals surface area (Å²) in [5.41, 5.74) is 0. The molecule has 1 fully saturated rings. The van der Waals surface area contributed by atoms with Crippen molar-refractivity contribution < 1.29 is 18.7 Å². The van der Waals surface area contributed by atoms with E-state index in [1.807, 2.05) is 24.4 Å². The summed E-state index contributed by atoms with van der Waals surface area (Å²) in [6.45, 7) is 4.85. The highest BCUT2D eigenvalue weighted by atomic mass is 16.4. The third-order valence-corrected chi connectivity index (χ3v) is 4.10. The summed E-state index contributed by atoms with van der Waals surface area (Å²) in [7, 11) is 0. The van der Waals surface area contributed by atoms with E-state index < -0.39 is 0 Å². The topological polar surface area (TPSA) is 73.9 Å². The maximum atomic E-state index is 5.69. The van der Waals surface area contributed by atoms with Crippen molar-refractivity contribution in [2.75, 3.05) is 31.1 Å². The number of rotatable bonds is 4. The zero-order valence-corrected chi connectivity index (χ0v) is 12.7. The summed E-state index contributed by atoms with van der Waals surface area (Å²) < 4.78 is 11.0. The van der Waals surface area contributed by atoms with Crippen molar-refractivity contribution in [3.8, 4) is 11.7 Å². The van der Waals surface area contributed by atoms with E-state index in [4.69, 9.17) is 8.83 Å². The molecule has 0 bridgehead atoms. The number of pyridine rings is 1. The normalized spacial score (nSPS) is 15.9. The van der Waals surface area contributed by atoms with Crippen LogP contribution < -0.4 is 14.8 Å². The van der Waals surface area contributed by atoms with Gasteiger partial charge in [0.05, 0.1) is 12.5 Å². The van der Waals surface area contributed by atoms with Crippen LogP contribution in [0.4, 0.5) is 5.82 Å². The Labute approximate surface area is 133 Å². The Morgan fingerprint density at radius 1 is 1.13 bits per heavy atom. The molecular weight excluding hydrogens is 294 g/mol. The molecule has 7 nitrogen and oxygen atoms in total. The van der Waals surface area contributed by atoms with Gasteiger partial charge in [-0.1, -0.05) is 6.07 Å². The van der Waals surface area contributed by atoms with Gasteiger partial charge in [0.15, 0.2) is 12.3 Å². The van der Waals surface area contributed by atoms with E-state index in [9.17, 15) is 0 Å². The lowest BCUT2D eigenvalue weighted by molar-refractivity contribution is -0.915. The highest BCUT2D eigenvalue weighted by Gasteiger charge is 2.27. The van der Waals surface area contributed by atoms with Crippen molar-refractivity contribution in [3.63, 3.8) is 0 Å². The van der Waals surface area contributed by atoms with Gasteiger partial charge in [0.25, 0.3) is 17.6 Å². The van der Waals surface area contributed by atoms with Crippen LogP contribution in [-0.2, 0) is 6.54 Å². The molecule has 0 saturated carbocycles. The predicted molar refractivity (Wildman–Crippen MR) is 81.6 cm³/mol. The molecule has 7 heteroatoms. The molecule has 3 aromatic heterocycles. The van der Waals surface area contributed by atoms with Crippen molar-refractivity contribution in [1.29, 1.82) is 0 Å². The molecule has 0 aliphatic carbocycles. The Morgan fingerprint density at radius 2 is 2.04 bits per heavy atom. The average Bonchev–Trinajstić information content (AvgIpc) is 3.28. The Hall–Kier alpha value is -2.67. The fourth-order valence-corrected chi connectivity index (χ4v) is 2.86. The molecule has 0 atom stereocenters. The first kappa shape index (κ1) is 14.0. The van der Waals surface area contributed by atoms with Crippen LogP contribution in [0.5, 0.6) is 0 Å². The standard InChI is InChI=1S/C16H17N5O2/c1-2-6-17-14(5-1)21-9-7-20(8-10-21)12-15-18-19-16(23-15)13-4-3-11-22-13/h1-6,11H,7-10,12H2/p+2. The van der Waals surface area contributed by atoms with Gasteiger partial charge in [-0.15, -0.1) is 10.2 Å². The minimum absolute atomic E-state index is 0.446. The molecule has 1 saturated heterocycles. The second-order valence-corrected chi connectivity index (χ2v) is 5.64. The Bertz CT molecular complexity index is 733. The summed E-state index contributed by atoms with van der Waals surface area (Å²) >= 11 is 0. The van der Waals surface area contributed by atoms with Crippen LogP contribution in [0.1, 0.15) is 5.89 Å². The van der Waals surface area contributed by atoms with Gasteiger partial charge >= 0.3 is 0 Å². The quantitative estimate of drug-likeness (QED) is 0.737. The Kier molecular flexibility index (Phi) is 3.77. The van der Waals surface area contributed by atoms with Crippen molar-refractivity contribution >= 4 is 5.82 Å². The second kappa shape index (κ2) is 6.21. The summed E-state index contributed by atoms with van der Waals surface area (Å²) in [5.74, 6) is 2.89. The Morgan fingerprint density at radius 3 is 2.78 bits per heavy atom. The van der Waals surface area contributed by atoms with E-state index in [1.165, 1.54) is 10.7 Å². The van der Waals surface area contributed by atoms with Crippen molar-refractivity contribution in [3.05, 3.63) is 48.7 Å². The number of hydrogen-bond donors (Lipinski definition) is 1. The van der Waals surface area contributed by atoms with E-state index in [-0.39, 0.29) is 0 Å². The number of H-pyrrole nitrogens is 1.